The largest absolute Gasteiger partial charge is 0.325 e. The van der Waals surface area contributed by atoms with E-state index in [9.17, 15) is 9.59 Å². The minimum absolute atomic E-state index is 0.0467. The molecule has 1 saturated heterocycles. The second kappa shape index (κ2) is 4.35. The van der Waals surface area contributed by atoms with Crippen molar-refractivity contribution in [1.82, 2.24) is 10.2 Å². The van der Waals surface area contributed by atoms with Crippen molar-refractivity contribution in [2.24, 2.45) is 0 Å². The van der Waals surface area contributed by atoms with Crippen LogP contribution in [0.25, 0.3) is 0 Å². The molecule has 0 aromatic carbocycles. The van der Waals surface area contributed by atoms with Gasteiger partial charge in [-0.2, -0.15) is 0 Å². The molecule has 4 nitrogen and oxygen atoms in total. The van der Waals surface area contributed by atoms with Gasteiger partial charge in [-0.25, -0.2) is 4.79 Å². The van der Waals surface area contributed by atoms with Gasteiger partial charge in [0, 0.05) is 4.88 Å². The highest BCUT2D eigenvalue weighted by Crippen LogP contribution is 2.36. The third-order valence-corrected chi connectivity index (χ3v) is 5.25. The lowest BCUT2D eigenvalue weighted by Crippen LogP contribution is -2.44. The number of nitrogens with zero attached hydrogens (tertiary/aromatic N) is 1. The number of carbonyl (C=O) groups is 2. The summed E-state index contributed by atoms with van der Waals surface area (Å²) in [5.74, 6) is -0.0467. The van der Waals surface area contributed by atoms with Crippen LogP contribution in [0.1, 0.15) is 30.6 Å². The van der Waals surface area contributed by atoms with Crippen molar-refractivity contribution >= 4 is 39.2 Å². The first kappa shape index (κ1) is 12.2. The molecule has 3 rings (SSSR count). The molecule has 3 amide bonds. The normalized spacial score (nSPS) is 21.9. The van der Waals surface area contributed by atoms with Crippen molar-refractivity contribution in [3.63, 3.8) is 0 Å². The molecule has 0 bridgehead atoms. The van der Waals surface area contributed by atoms with Gasteiger partial charge in [0.2, 0.25) is 0 Å². The number of nitrogens with one attached hydrogen (secondary N) is 1. The molecule has 0 atom stereocenters. The van der Waals surface area contributed by atoms with Crippen LogP contribution in [0.5, 0.6) is 0 Å². The predicted octanol–water partition coefficient (Wildman–Crippen LogP) is 2.88. The summed E-state index contributed by atoms with van der Waals surface area (Å²) in [7, 11) is 0. The highest BCUT2D eigenvalue weighted by molar-refractivity contribution is 9.11. The van der Waals surface area contributed by atoms with Gasteiger partial charge in [0.25, 0.3) is 5.91 Å². The van der Waals surface area contributed by atoms with Crippen LogP contribution in [0, 0.1) is 0 Å². The molecule has 2 heterocycles. The van der Waals surface area contributed by atoms with Crippen LogP contribution in [0.2, 0.25) is 0 Å². The highest BCUT2D eigenvalue weighted by atomic mass is 79.9. The van der Waals surface area contributed by atoms with Crippen molar-refractivity contribution in [2.75, 3.05) is 0 Å². The summed E-state index contributed by atoms with van der Waals surface area (Å²) in [6.45, 7) is 0.378. The zero-order valence-corrected chi connectivity index (χ0v) is 12.1. The van der Waals surface area contributed by atoms with Crippen molar-refractivity contribution in [2.45, 2.75) is 37.8 Å². The van der Waals surface area contributed by atoms with Gasteiger partial charge in [0.05, 0.1) is 10.3 Å². The van der Waals surface area contributed by atoms with Gasteiger partial charge < -0.3 is 5.32 Å². The molecule has 2 fully saturated rings. The number of hydrogen-bond donors (Lipinski definition) is 1. The molecule has 1 aromatic heterocycles. The van der Waals surface area contributed by atoms with E-state index in [1.54, 1.807) is 11.3 Å². The number of thiophene rings is 1. The number of urea groups is 1. The Balaban J connectivity index is 1.80. The van der Waals surface area contributed by atoms with Gasteiger partial charge >= 0.3 is 6.03 Å². The van der Waals surface area contributed by atoms with E-state index in [4.69, 9.17) is 0 Å². The maximum atomic E-state index is 12.4. The Kier molecular flexibility index (Phi) is 2.94. The van der Waals surface area contributed by atoms with E-state index in [0.29, 0.717) is 6.54 Å². The third kappa shape index (κ3) is 1.87. The topological polar surface area (TPSA) is 49.4 Å². The number of amides is 3. The summed E-state index contributed by atoms with van der Waals surface area (Å²) in [4.78, 5) is 26.7. The number of imide groups is 1. The summed E-state index contributed by atoms with van der Waals surface area (Å²) in [6.07, 6.45) is 3.60. The second-order valence-electron chi connectivity index (χ2n) is 4.82. The third-order valence-electron chi connectivity index (χ3n) is 3.65. The number of rotatable bonds is 2. The molecular formula is C12H13BrN2O2S. The first-order valence-electron chi connectivity index (χ1n) is 5.99. The highest BCUT2D eigenvalue weighted by Gasteiger charge is 2.52. The average molecular weight is 329 g/mol. The van der Waals surface area contributed by atoms with Gasteiger partial charge in [-0.3, -0.25) is 9.69 Å². The van der Waals surface area contributed by atoms with E-state index in [-0.39, 0.29) is 11.9 Å². The van der Waals surface area contributed by atoms with E-state index in [1.165, 1.54) is 4.90 Å². The van der Waals surface area contributed by atoms with Crippen LogP contribution in [0.15, 0.2) is 15.9 Å². The first-order valence-corrected chi connectivity index (χ1v) is 7.60. The SMILES string of the molecule is O=C1NC2(CCCC2)C(=O)N1Cc1ccc(Br)s1. The van der Waals surface area contributed by atoms with E-state index in [2.05, 4.69) is 21.2 Å². The van der Waals surface area contributed by atoms with Crippen molar-refractivity contribution in [3.8, 4) is 0 Å². The Bertz CT molecular complexity index is 508. The lowest BCUT2D eigenvalue weighted by molar-refractivity contribution is -0.131. The molecule has 2 aliphatic rings. The fourth-order valence-electron chi connectivity index (χ4n) is 2.73. The lowest BCUT2D eigenvalue weighted by atomic mass is 9.98. The Hall–Kier alpha value is -0.880. The summed E-state index contributed by atoms with van der Waals surface area (Å²) < 4.78 is 1.01. The predicted molar refractivity (Wildman–Crippen MR) is 72.3 cm³/mol. The molecule has 18 heavy (non-hydrogen) atoms. The molecule has 1 saturated carbocycles. The zero-order valence-electron chi connectivity index (χ0n) is 9.74. The molecule has 1 aliphatic carbocycles. The van der Waals surface area contributed by atoms with Crippen LogP contribution >= 0.6 is 27.3 Å². The van der Waals surface area contributed by atoms with Crippen molar-refractivity contribution in [1.29, 1.82) is 0 Å². The molecular weight excluding hydrogens is 316 g/mol. The Labute approximate surface area is 117 Å². The van der Waals surface area contributed by atoms with Gasteiger partial charge in [-0.1, -0.05) is 12.8 Å². The molecule has 1 N–H and O–H groups in total. The number of carbonyl (C=O) groups excluding carboxylic acids is 2. The quantitative estimate of drug-likeness (QED) is 0.848. The zero-order chi connectivity index (χ0) is 12.8. The monoisotopic (exact) mass is 328 g/mol. The Morgan fingerprint density at radius 3 is 2.67 bits per heavy atom. The summed E-state index contributed by atoms with van der Waals surface area (Å²) >= 11 is 4.94. The number of hydrogen-bond acceptors (Lipinski definition) is 3. The molecule has 0 unspecified atom stereocenters. The van der Waals surface area contributed by atoms with Crippen molar-refractivity contribution < 1.29 is 9.59 Å². The van der Waals surface area contributed by atoms with Gasteiger partial charge in [-0.15, -0.1) is 11.3 Å². The van der Waals surface area contributed by atoms with Gasteiger partial charge in [-0.05, 0) is 40.9 Å². The first-order chi connectivity index (χ1) is 8.61. The molecule has 0 radical (unpaired) electrons. The maximum Gasteiger partial charge on any atom is 0.325 e. The van der Waals surface area contributed by atoms with Crippen molar-refractivity contribution in [3.05, 3.63) is 20.8 Å². The standard InChI is InChI=1S/C12H13BrN2O2S/c13-9-4-3-8(18-9)7-15-10(16)12(14-11(15)17)5-1-2-6-12/h3-4H,1-2,5-7H2,(H,14,17). The maximum absolute atomic E-state index is 12.4. The van der Waals surface area contributed by atoms with Crippen LogP contribution < -0.4 is 5.32 Å². The smallest absolute Gasteiger partial charge is 0.323 e. The molecule has 1 aliphatic heterocycles. The fraction of sp³-hybridized carbons (Fsp3) is 0.500. The average Bonchev–Trinajstić information content (AvgIpc) is 2.99. The summed E-state index contributed by atoms with van der Waals surface area (Å²) in [6, 6.07) is 3.63. The Morgan fingerprint density at radius 1 is 1.33 bits per heavy atom. The number of halogens is 1. The molecule has 96 valence electrons. The summed E-state index contributed by atoms with van der Waals surface area (Å²) in [5, 5.41) is 2.89. The van der Waals surface area contributed by atoms with Crippen LogP contribution in [-0.2, 0) is 11.3 Å². The van der Waals surface area contributed by atoms with E-state index in [1.807, 2.05) is 12.1 Å². The molecule has 1 aromatic rings. The minimum atomic E-state index is -0.592. The minimum Gasteiger partial charge on any atom is -0.323 e. The van der Waals surface area contributed by atoms with Gasteiger partial charge in [0.15, 0.2) is 0 Å². The summed E-state index contributed by atoms with van der Waals surface area (Å²) in [5.41, 5.74) is -0.592. The lowest BCUT2D eigenvalue weighted by Gasteiger charge is -2.19. The molecule has 6 heteroatoms. The Morgan fingerprint density at radius 2 is 2.06 bits per heavy atom. The van der Waals surface area contributed by atoms with E-state index in [0.717, 1.165) is 34.3 Å². The van der Waals surface area contributed by atoms with E-state index < -0.39 is 5.54 Å². The van der Waals surface area contributed by atoms with Crippen LogP contribution in [0.3, 0.4) is 0 Å². The molecule has 1 spiro atoms. The van der Waals surface area contributed by atoms with Crippen LogP contribution in [-0.4, -0.2) is 22.4 Å². The fourth-order valence-corrected chi connectivity index (χ4v) is 4.20. The second-order valence-corrected chi connectivity index (χ2v) is 7.36. The van der Waals surface area contributed by atoms with Gasteiger partial charge in [0.1, 0.15) is 5.54 Å². The van der Waals surface area contributed by atoms with Crippen LogP contribution in [0.4, 0.5) is 4.79 Å². The van der Waals surface area contributed by atoms with E-state index >= 15 is 0 Å².